The molecule has 0 spiro atoms. The molecule has 0 aliphatic carbocycles. The van der Waals surface area contributed by atoms with E-state index in [0.717, 1.165) is 23.5 Å². The van der Waals surface area contributed by atoms with Crippen molar-refractivity contribution in [1.29, 1.82) is 0 Å². The lowest BCUT2D eigenvalue weighted by Gasteiger charge is -2.12. The van der Waals surface area contributed by atoms with Crippen LogP contribution in [0.5, 0.6) is 0 Å². The number of fused-ring (bicyclic) bond motifs is 1. The number of thiophene rings is 1. The van der Waals surface area contributed by atoms with Crippen LogP contribution in [0.4, 0.5) is 13.2 Å². The topological polar surface area (TPSA) is 17.1 Å². The lowest BCUT2D eigenvalue weighted by molar-refractivity contribution is -0.0689. The highest BCUT2D eigenvalue weighted by Gasteiger charge is 2.36. The largest absolute Gasteiger partial charge is 0.417 e. The highest BCUT2D eigenvalue weighted by Crippen LogP contribution is 2.37. The maximum atomic E-state index is 13.5. The second-order valence-corrected chi connectivity index (χ2v) is 7.70. The Bertz CT molecular complexity index is 1020. The van der Waals surface area contributed by atoms with E-state index in [-0.39, 0.29) is 20.5 Å². The highest BCUT2D eigenvalue weighted by atomic mass is 35.5. The Morgan fingerprint density at radius 3 is 2.23 bits per heavy atom. The van der Waals surface area contributed by atoms with Gasteiger partial charge in [-0.25, -0.2) is 0 Å². The van der Waals surface area contributed by atoms with Gasteiger partial charge in [0.25, 0.3) is 0 Å². The quantitative estimate of drug-likeness (QED) is 0.304. The molecule has 0 aliphatic heterocycles. The molecule has 0 aliphatic rings. The monoisotopic (exact) mass is 434 g/mol. The fourth-order valence-corrected chi connectivity index (χ4v) is 4.20. The summed E-state index contributed by atoms with van der Waals surface area (Å²) in [5.74, 6) is -0.773. The first-order valence-corrected chi connectivity index (χ1v) is 9.08. The number of benzene rings is 2. The number of hydrogen-bond donors (Lipinski definition) is 0. The average Bonchev–Trinajstić information content (AvgIpc) is 2.96. The van der Waals surface area contributed by atoms with E-state index in [4.69, 9.17) is 34.8 Å². The smallest absolute Gasteiger partial charge is 0.288 e. The first-order valence-electron chi connectivity index (χ1n) is 7.13. The molecular weight excluding hydrogens is 428 g/mol. The third kappa shape index (κ3) is 4.07. The Labute approximate surface area is 165 Å². The number of carbonyl (C=O) groups is 1. The van der Waals surface area contributed by atoms with Gasteiger partial charge in [-0.2, -0.15) is 13.2 Å². The Morgan fingerprint density at radius 1 is 1.00 bits per heavy atom. The van der Waals surface area contributed by atoms with E-state index >= 15 is 0 Å². The summed E-state index contributed by atoms with van der Waals surface area (Å²) in [5.41, 5.74) is -1.39. The van der Waals surface area contributed by atoms with Crippen molar-refractivity contribution in [3.8, 4) is 0 Å². The van der Waals surface area contributed by atoms with Gasteiger partial charge in [0.05, 0.1) is 10.5 Å². The number of hydrogen-bond acceptors (Lipinski definition) is 2. The van der Waals surface area contributed by atoms with Crippen molar-refractivity contribution < 1.29 is 18.0 Å². The predicted octanol–water partition coefficient (Wildman–Crippen LogP) is 7.69. The maximum Gasteiger partial charge on any atom is 0.417 e. The average molecular weight is 436 g/mol. The first kappa shape index (κ1) is 19.2. The first-order chi connectivity index (χ1) is 12.1. The van der Waals surface area contributed by atoms with E-state index in [1.807, 2.05) is 0 Å². The minimum Gasteiger partial charge on any atom is -0.288 e. The van der Waals surface area contributed by atoms with Crippen LogP contribution < -0.4 is 0 Å². The molecule has 0 saturated heterocycles. The second-order valence-electron chi connectivity index (χ2n) is 5.34. The molecular formula is C18H8Cl3F3OS. The highest BCUT2D eigenvalue weighted by molar-refractivity contribution is 7.21. The molecule has 0 fully saturated rings. The SMILES string of the molecule is O=C(/C=C(\c1cc(Cl)cc(Cl)c1)C(F)(F)F)c1cc2c(Cl)cccc2s1. The minimum absolute atomic E-state index is 0.0451. The van der Waals surface area contributed by atoms with Gasteiger partial charge in [-0.1, -0.05) is 40.9 Å². The lowest BCUT2D eigenvalue weighted by Crippen LogP contribution is -2.12. The Morgan fingerprint density at radius 2 is 1.65 bits per heavy atom. The van der Waals surface area contributed by atoms with E-state index < -0.39 is 17.5 Å². The van der Waals surface area contributed by atoms with E-state index in [1.54, 1.807) is 18.2 Å². The molecule has 0 N–H and O–H groups in total. The lowest BCUT2D eigenvalue weighted by atomic mass is 10.0. The summed E-state index contributed by atoms with van der Waals surface area (Å²) in [6.07, 6.45) is -4.20. The summed E-state index contributed by atoms with van der Waals surface area (Å²) < 4.78 is 41.2. The summed E-state index contributed by atoms with van der Waals surface area (Å²) in [7, 11) is 0. The van der Waals surface area contributed by atoms with E-state index in [0.29, 0.717) is 21.2 Å². The number of halogens is 6. The van der Waals surface area contributed by atoms with E-state index in [1.165, 1.54) is 12.1 Å². The minimum atomic E-state index is -4.75. The third-order valence-corrected chi connectivity index (χ3v) is 5.39. The molecule has 0 unspecified atom stereocenters. The van der Waals surface area contributed by atoms with Gasteiger partial charge in [0.1, 0.15) is 0 Å². The molecule has 1 heterocycles. The molecule has 0 bridgehead atoms. The van der Waals surface area contributed by atoms with E-state index in [2.05, 4.69) is 0 Å². The molecule has 134 valence electrons. The number of ketones is 1. The maximum absolute atomic E-state index is 13.5. The van der Waals surface area contributed by atoms with E-state index in [9.17, 15) is 18.0 Å². The van der Waals surface area contributed by atoms with Gasteiger partial charge < -0.3 is 0 Å². The van der Waals surface area contributed by atoms with Crippen LogP contribution in [-0.4, -0.2) is 12.0 Å². The normalized spacial score (nSPS) is 12.6. The zero-order valence-corrected chi connectivity index (χ0v) is 15.8. The number of rotatable bonds is 3. The fraction of sp³-hybridized carbons (Fsp3) is 0.0556. The molecule has 0 amide bonds. The Hall–Kier alpha value is -1.53. The molecule has 2 aromatic carbocycles. The molecule has 0 radical (unpaired) electrons. The Kier molecular flexibility index (Phi) is 5.35. The van der Waals surface area contributed by atoms with Crippen LogP contribution in [0.2, 0.25) is 15.1 Å². The zero-order valence-electron chi connectivity index (χ0n) is 12.7. The van der Waals surface area contributed by atoms with Crippen molar-refractivity contribution in [3.63, 3.8) is 0 Å². The summed E-state index contributed by atoms with van der Waals surface area (Å²) in [4.78, 5) is 12.6. The van der Waals surface area contributed by atoms with Crippen molar-refractivity contribution in [2.24, 2.45) is 0 Å². The van der Waals surface area contributed by atoms with Gasteiger partial charge in [0.15, 0.2) is 5.78 Å². The van der Waals surface area contributed by atoms with Crippen LogP contribution >= 0.6 is 46.1 Å². The second kappa shape index (κ2) is 7.24. The summed E-state index contributed by atoms with van der Waals surface area (Å²) >= 11 is 18.7. The van der Waals surface area contributed by atoms with Gasteiger partial charge in [0.2, 0.25) is 0 Å². The molecule has 8 heteroatoms. The van der Waals surface area contributed by atoms with Gasteiger partial charge in [0, 0.05) is 25.2 Å². The van der Waals surface area contributed by atoms with Crippen LogP contribution in [0.3, 0.4) is 0 Å². The molecule has 0 atom stereocenters. The van der Waals surface area contributed by atoms with Crippen molar-refractivity contribution in [1.82, 2.24) is 0 Å². The van der Waals surface area contributed by atoms with Gasteiger partial charge in [-0.3, -0.25) is 4.79 Å². The number of carbonyl (C=O) groups excluding carboxylic acids is 1. The standard InChI is InChI=1S/C18H8Cl3F3OS/c19-10-4-9(5-11(20)6-10)13(18(22,23)24)8-15(25)17-7-12-14(21)2-1-3-16(12)26-17/h1-8H/b13-8+. The van der Waals surface area contributed by atoms with Crippen molar-refractivity contribution in [2.45, 2.75) is 6.18 Å². The van der Waals surface area contributed by atoms with Crippen molar-refractivity contribution >= 4 is 67.6 Å². The molecule has 1 aromatic heterocycles. The van der Waals surface area contributed by atoms with Crippen LogP contribution in [-0.2, 0) is 0 Å². The molecule has 0 saturated carbocycles. The number of allylic oxidation sites excluding steroid dienone is 2. The summed E-state index contributed by atoms with van der Waals surface area (Å²) in [5, 5.41) is 1.14. The predicted molar refractivity (Wildman–Crippen MR) is 102 cm³/mol. The summed E-state index contributed by atoms with van der Waals surface area (Å²) in [6.45, 7) is 0. The van der Waals surface area contributed by atoms with Crippen molar-refractivity contribution in [3.05, 3.63) is 74.0 Å². The Balaban J connectivity index is 2.09. The van der Waals surface area contributed by atoms with Gasteiger partial charge in [-0.15, -0.1) is 11.3 Å². The molecule has 1 nitrogen and oxygen atoms in total. The van der Waals surface area contributed by atoms with Crippen LogP contribution in [0.1, 0.15) is 15.2 Å². The molecule has 3 aromatic rings. The van der Waals surface area contributed by atoms with Crippen LogP contribution in [0, 0.1) is 0 Å². The number of alkyl halides is 3. The van der Waals surface area contributed by atoms with Crippen molar-refractivity contribution in [2.75, 3.05) is 0 Å². The molecule has 3 rings (SSSR count). The zero-order chi connectivity index (χ0) is 19.1. The van der Waals surface area contributed by atoms with Gasteiger partial charge >= 0.3 is 6.18 Å². The third-order valence-electron chi connectivity index (χ3n) is 3.51. The fourth-order valence-electron chi connectivity index (χ4n) is 2.39. The molecule has 26 heavy (non-hydrogen) atoms. The van der Waals surface area contributed by atoms with Crippen LogP contribution in [0.15, 0.2) is 48.5 Å². The summed E-state index contributed by atoms with van der Waals surface area (Å²) in [6, 6.07) is 10.1. The van der Waals surface area contributed by atoms with Gasteiger partial charge in [-0.05, 0) is 48.0 Å². The van der Waals surface area contributed by atoms with Crippen LogP contribution in [0.25, 0.3) is 15.7 Å².